The van der Waals surface area contributed by atoms with Crippen molar-refractivity contribution in [2.24, 2.45) is 5.92 Å². The van der Waals surface area contributed by atoms with E-state index in [4.69, 9.17) is 9.47 Å². The molecule has 0 radical (unpaired) electrons. The van der Waals surface area contributed by atoms with Gasteiger partial charge >= 0.3 is 0 Å². The van der Waals surface area contributed by atoms with E-state index in [1.165, 1.54) is 51.0 Å². The van der Waals surface area contributed by atoms with E-state index in [0.717, 1.165) is 12.3 Å². The second-order valence-corrected chi connectivity index (χ2v) is 8.68. The number of methoxy groups -OCH3 is 1. The molecular weight excluding hydrogens is 448 g/mol. The molecule has 30 heavy (non-hydrogen) atoms. The van der Waals surface area contributed by atoms with Gasteiger partial charge in [0.2, 0.25) is 0 Å². The van der Waals surface area contributed by atoms with Gasteiger partial charge in [-0.15, -0.1) is 0 Å². The van der Waals surface area contributed by atoms with Crippen LogP contribution in [-0.4, -0.2) is 23.7 Å². The molecule has 0 amide bonds. The van der Waals surface area contributed by atoms with Crippen LogP contribution >= 0.6 is 15.9 Å². The van der Waals surface area contributed by atoms with Crippen LogP contribution in [0.4, 0.5) is 0 Å². The highest BCUT2D eigenvalue weighted by molar-refractivity contribution is 9.10. The maximum Gasteiger partial charge on any atom is 0.262 e. The first-order chi connectivity index (χ1) is 14.5. The summed E-state index contributed by atoms with van der Waals surface area (Å²) in [7, 11) is 1.57. The Bertz CT molecular complexity index is 1050. The molecule has 3 rings (SSSR count). The van der Waals surface area contributed by atoms with Gasteiger partial charge in [0.1, 0.15) is 10.7 Å². The third-order valence-corrected chi connectivity index (χ3v) is 6.15. The fourth-order valence-corrected chi connectivity index (χ4v) is 4.56. The summed E-state index contributed by atoms with van der Waals surface area (Å²) in [5.41, 5.74) is -0.154. The number of aromatic amines is 2. The summed E-state index contributed by atoms with van der Waals surface area (Å²) in [5.74, 6) is 2.06. The number of hydrogen-bond acceptors (Lipinski definition) is 4. The highest BCUT2D eigenvalue weighted by Gasteiger charge is 2.14. The van der Waals surface area contributed by atoms with Gasteiger partial charge in [-0.05, 0) is 58.5 Å². The molecule has 0 bridgehead atoms. The van der Waals surface area contributed by atoms with Crippen LogP contribution in [-0.2, 0) is 0 Å². The van der Waals surface area contributed by atoms with E-state index in [2.05, 4.69) is 32.5 Å². The van der Waals surface area contributed by atoms with Crippen LogP contribution in [0.3, 0.4) is 0 Å². The van der Waals surface area contributed by atoms with Gasteiger partial charge in [0, 0.05) is 0 Å². The standard InChI is InChI=1S/C23H29BrN2O4/c1-15-25-22(27)18(23(28)26-15)12-17-13-19(24)21(20(14-17)29-2)30-11-7-6-10-16-8-4-3-5-9-16/h12-14,16H,1,3-11H2,2H3,(H,25,27)(H,26,28). The van der Waals surface area contributed by atoms with E-state index in [9.17, 15) is 9.59 Å². The van der Waals surface area contributed by atoms with Gasteiger partial charge in [0.05, 0.1) is 18.2 Å². The Kier molecular flexibility index (Phi) is 7.96. The van der Waals surface area contributed by atoms with Crippen LogP contribution in [0.5, 0.6) is 11.5 Å². The van der Waals surface area contributed by atoms with Gasteiger partial charge in [0.25, 0.3) is 11.1 Å². The molecule has 0 atom stereocenters. The van der Waals surface area contributed by atoms with Gasteiger partial charge < -0.3 is 19.4 Å². The first kappa shape index (κ1) is 22.4. The lowest BCUT2D eigenvalue weighted by Gasteiger charge is -2.21. The summed E-state index contributed by atoms with van der Waals surface area (Å²) in [5, 5.41) is 0.00716. The lowest BCUT2D eigenvalue weighted by Crippen LogP contribution is -2.47. The maximum atomic E-state index is 12.1. The van der Waals surface area contributed by atoms with Crippen LogP contribution in [0, 0.1) is 5.92 Å². The smallest absolute Gasteiger partial charge is 0.262 e. The number of aromatic nitrogens is 2. The third-order valence-electron chi connectivity index (χ3n) is 5.56. The topological polar surface area (TPSA) is 84.2 Å². The minimum Gasteiger partial charge on any atom is -0.493 e. The largest absolute Gasteiger partial charge is 0.493 e. The van der Waals surface area contributed by atoms with Crippen molar-refractivity contribution in [3.63, 3.8) is 0 Å². The van der Waals surface area contributed by atoms with Crippen molar-refractivity contribution >= 4 is 28.6 Å². The zero-order valence-corrected chi connectivity index (χ0v) is 19.0. The SMILES string of the molecule is C=c1[nH]c(=O)c(=Cc2cc(Br)c(OCCCCC3CCCCC3)c(OC)c2)c(=O)[nH]1. The highest BCUT2D eigenvalue weighted by Crippen LogP contribution is 2.37. The summed E-state index contributed by atoms with van der Waals surface area (Å²) < 4.78 is 12.2. The maximum absolute atomic E-state index is 12.1. The van der Waals surface area contributed by atoms with Crippen LogP contribution in [0.2, 0.25) is 0 Å². The normalized spacial score (nSPS) is 14.5. The molecule has 0 unspecified atom stereocenters. The summed E-state index contributed by atoms with van der Waals surface area (Å²) in [6.45, 7) is 4.16. The van der Waals surface area contributed by atoms with Crippen molar-refractivity contribution < 1.29 is 9.47 Å². The number of unbranched alkanes of at least 4 members (excludes halogenated alkanes) is 1. The summed E-state index contributed by atoms with van der Waals surface area (Å²) in [6.07, 6.45) is 11.9. The summed E-state index contributed by atoms with van der Waals surface area (Å²) >= 11 is 3.53. The molecule has 2 N–H and O–H groups in total. The number of nitrogens with one attached hydrogen (secondary N) is 2. The van der Waals surface area contributed by atoms with Crippen molar-refractivity contribution in [2.45, 2.75) is 51.4 Å². The number of H-pyrrole nitrogens is 2. The summed E-state index contributed by atoms with van der Waals surface area (Å²) in [4.78, 5) is 29.1. The molecule has 162 valence electrons. The highest BCUT2D eigenvalue weighted by atomic mass is 79.9. The average Bonchev–Trinajstić information content (AvgIpc) is 2.72. The van der Waals surface area contributed by atoms with E-state index in [0.29, 0.717) is 28.1 Å². The van der Waals surface area contributed by atoms with Gasteiger partial charge in [-0.3, -0.25) is 9.59 Å². The molecule has 2 aromatic rings. The Morgan fingerprint density at radius 1 is 1.13 bits per heavy atom. The molecular formula is C23H29BrN2O4. The zero-order chi connectivity index (χ0) is 21.5. The number of ether oxygens (including phenoxy) is 2. The predicted molar refractivity (Wildman–Crippen MR) is 123 cm³/mol. The monoisotopic (exact) mass is 476 g/mol. The van der Waals surface area contributed by atoms with Crippen molar-refractivity contribution in [1.82, 2.24) is 9.97 Å². The van der Waals surface area contributed by atoms with Crippen LogP contribution in [0.15, 0.2) is 26.2 Å². The van der Waals surface area contributed by atoms with Crippen LogP contribution in [0.25, 0.3) is 12.7 Å². The van der Waals surface area contributed by atoms with E-state index >= 15 is 0 Å². The van der Waals surface area contributed by atoms with Crippen molar-refractivity contribution in [3.8, 4) is 11.5 Å². The second-order valence-electron chi connectivity index (χ2n) is 7.83. The molecule has 1 aliphatic rings. The molecule has 1 saturated carbocycles. The van der Waals surface area contributed by atoms with Crippen molar-refractivity contribution in [3.05, 3.63) is 53.6 Å². The fourth-order valence-electron chi connectivity index (χ4n) is 3.99. The van der Waals surface area contributed by atoms with Gasteiger partial charge in [-0.2, -0.15) is 0 Å². The Balaban J connectivity index is 1.68. The van der Waals surface area contributed by atoms with Gasteiger partial charge in [-0.25, -0.2) is 0 Å². The van der Waals surface area contributed by atoms with E-state index in [1.807, 2.05) is 0 Å². The Hall–Kier alpha value is -2.28. The molecule has 1 aromatic heterocycles. The lowest BCUT2D eigenvalue weighted by molar-refractivity contribution is 0.270. The third kappa shape index (κ3) is 5.88. The Labute approximate surface area is 184 Å². The minimum atomic E-state index is -0.489. The van der Waals surface area contributed by atoms with E-state index < -0.39 is 11.1 Å². The van der Waals surface area contributed by atoms with E-state index in [-0.39, 0.29) is 10.7 Å². The van der Waals surface area contributed by atoms with E-state index in [1.54, 1.807) is 19.2 Å². The Morgan fingerprint density at radius 2 is 1.83 bits per heavy atom. The number of halogens is 1. The van der Waals surface area contributed by atoms with Crippen molar-refractivity contribution in [1.29, 1.82) is 0 Å². The predicted octanol–water partition coefficient (Wildman–Crippen LogP) is 3.20. The zero-order valence-electron chi connectivity index (χ0n) is 17.4. The minimum absolute atomic E-state index is 0.00716. The number of rotatable bonds is 8. The molecule has 0 aliphatic heterocycles. The molecule has 1 aromatic carbocycles. The van der Waals surface area contributed by atoms with Crippen LogP contribution < -0.4 is 31.3 Å². The van der Waals surface area contributed by atoms with Crippen LogP contribution in [0.1, 0.15) is 56.9 Å². The lowest BCUT2D eigenvalue weighted by atomic mass is 9.86. The molecule has 7 heteroatoms. The average molecular weight is 477 g/mol. The molecule has 1 fully saturated rings. The van der Waals surface area contributed by atoms with Gasteiger partial charge in [0.15, 0.2) is 11.5 Å². The number of hydrogen-bond donors (Lipinski definition) is 2. The van der Waals surface area contributed by atoms with Crippen molar-refractivity contribution in [2.75, 3.05) is 13.7 Å². The first-order valence-electron chi connectivity index (χ1n) is 10.5. The Morgan fingerprint density at radius 3 is 2.50 bits per heavy atom. The molecule has 0 saturated heterocycles. The number of benzene rings is 1. The fraction of sp³-hybridized carbons (Fsp3) is 0.478. The molecule has 1 heterocycles. The molecule has 0 spiro atoms. The quantitative estimate of drug-likeness (QED) is 0.572. The second kappa shape index (κ2) is 10.7. The van der Waals surface area contributed by atoms with Gasteiger partial charge in [-0.1, -0.05) is 45.1 Å². The summed E-state index contributed by atoms with van der Waals surface area (Å²) in [6, 6.07) is 3.55. The molecule has 6 nitrogen and oxygen atoms in total. The first-order valence-corrected chi connectivity index (χ1v) is 11.3. The molecule has 1 aliphatic carbocycles.